The van der Waals surface area contributed by atoms with Crippen molar-refractivity contribution >= 4 is 34.3 Å². The minimum atomic E-state index is 0.270. The van der Waals surface area contributed by atoms with Crippen molar-refractivity contribution in [2.24, 2.45) is 0 Å². The first kappa shape index (κ1) is 10.6. The van der Waals surface area contributed by atoms with Crippen molar-refractivity contribution in [2.45, 2.75) is 10.1 Å². The largest absolute Gasteiger partial charge is 0.349 e. The van der Waals surface area contributed by atoms with E-state index < -0.39 is 0 Å². The number of halogens is 1. The fourth-order valence-electron chi connectivity index (χ4n) is 1.59. The second-order valence-electron chi connectivity index (χ2n) is 3.49. The predicted octanol–water partition coefficient (Wildman–Crippen LogP) is 3.76. The van der Waals surface area contributed by atoms with Crippen LogP contribution in [0.25, 0.3) is 10.9 Å². The Labute approximate surface area is 107 Å². The van der Waals surface area contributed by atoms with Crippen molar-refractivity contribution in [1.29, 1.82) is 0 Å². The first-order valence-corrected chi connectivity index (χ1v) is 6.25. The van der Waals surface area contributed by atoms with Crippen LogP contribution in [0.3, 0.4) is 0 Å². The fraction of sp³-hybridized carbons (Fsp3) is 0. The molecular weight excluding hydrogens is 254 g/mol. The van der Waals surface area contributed by atoms with E-state index in [9.17, 15) is 0 Å². The topological polar surface area (TPSA) is 41.6 Å². The van der Waals surface area contributed by atoms with Crippen LogP contribution < -0.4 is 0 Å². The van der Waals surface area contributed by atoms with Crippen LogP contribution >= 0.6 is 23.4 Å². The standard InChI is InChI=1S/C12H8ClN3S/c13-12-14-6-5-10(16-12)17-11-7-8-3-1-2-4-9(8)15-11/h1-7,15H. The number of aromatic amines is 1. The minimum absolute atomic E-state index is 0.270. The Morgan fingerprint density at radius 1 is 1.18 bits per heavy atom. The van der Waals surface area contributed by atoms with Crippen LogP contribution in [0.15, 0.2) is 52.6 Å². The molecule has 3 nitrogen and oxygen atoms in total. The average Bonchev–Trinajstić information content (AvgIpc) is 2.71. The Kier molecular flexibility index (Phi) is 2.74. The molecule has 3 aromatic rings. The van der Waals surface area contributed by atoms with Crippen LogP contribution in [0.5, 0.6) is 0 Å². The molecule has 0 bridgehead atoms. The average molecular weight is 262 g/mol. The van der Waals surface area contributed by atoms with Gasteiger partial charge in [-0.1, -0.05) is 30.0 Å². The lowest BCUT2D eigenvalue weighted by molar-refractivity contribution is 1.04. The van der Waals surface area contributed by atoms with E-state index in [0.29, 0.717) is 0 Å². The molecule has 1 aromatic carbocycles. The third-order valence-corrected chi connectivity index (χ3v) is 3.38. The van der Waals surface area contributed by atoms with Crippen LogP contribution in [0, 0.1) is 0 Å². The van der Waals surface area contributed by atoms with E-state index in [1.54, 1.807) is 6.20 Å². The molecule has 0 amide bonds. The Balaban J connectivity index is 1.94. The summed E-state index contributed by atoms with van der Waals surface area (Å²) in [6.45, 7) is 0. The van der Waals surface area contributed by atoms with Gasteiger partial charge in [0.25, 0.3) is 0 Å². The molecule has 2 heterocycles. The highest BCUT2D eigenvalue weighted by atomic mass is 35.5. The third-order valence-electron chi connectivity index (χ3n) is 2.32. The number of benzene rings is 1. The summed E-state index contributed by atoms with van der Waals surface area (Å²) in [5.74, 6) is 0. The molecule has 3 rings (SSSR count). The quantitative estimate of drug-likeness (QED) is 0.564. The third kappa shape index (κ3) is 2.28. The number of nitrogens with one attached hydrogen (secondary N) is 1. The van der Waals surface area contributed by atoms with Crippen LogP contribution in [0.2, 0.25) is 5.28 Å². The van der Waals surface area contributed by atoms with Crippen molar-refractivity contribution in [1.82, 2.24) is 15.0 Å². The fourth-order valence-corrected chi connectivity index (χ4v) is 2.62. The Morgan fingerprint density at radius 2 is 2.06 bits per heavy atom. The van der Waals surface area contributed by atoms with Gasteiger partial charge in [-0.3, -0.25) is 0 Å². The summed E-state index contributed by atoms with van der Waals surface area (Å²) in [5, 5.41) is 3.33. The van der Waals surface area contributed by atoms with Gasteiger partial charge in [0.1, 0.15) is 5.03 Å². The van der Waals surface area contributed by atoms with Gasteiger partial charge in [0.05, 0.1) is 5.03 Å². The Bertz CT molecular complexity index is 632. The van der Waals surface area contributed by atoms with Gasteiger partial charge in [0.2, 0.25) is 5.28 Å². The van der Waals surface area contributed by atoms with Gasteiger partial charge in [-0.15, -0.1) is 0 Å². The molecule has 0 aliphatic rings. The van der Waals surface area contributed by atoms with Gasteiger partial charge in [-0.25, -0.2) is 9.97 Å². The van der Waals surface area contributed by atoms with Gasteiger partial charge < -0.3 is 4.98 Å². The zero-order chi connectivity index (χ0) is 11.7. The number of nitrogens with zero attached hydrogens (tertiary/aromatic N) is 2. The van der Waals surface area contributed by atoms with Gasteiger partial charge in [-0.05, 0) is 29.8 Å². The molecule has 0 aliphatic carbocycles. The molecule has 0 saturated carbocycles. The van der Waals surface area contributed by atoms with Crippen molar-refractivity contribution in [3.63, 3.8) is 0 Å². The SMILES string of the molecule is Clc1nccc(Sc2cc3ccccc3[nH]2)n1. The molecule has 0 unspecified atom stereocenters. The van der Waals surface area contributed by atoms with Gasteiger partial charge in [0.15, 0.2) is 0 Å². The van der Waals surface area contributed by atoms with E-state index in [2.05, 4.69) is 27.1 Å². The second kappa shape index (κ2) is 4.39. The molecule has 0 radical (unpaired) electrons. The number of para-hydroxylation sites is 1. The molecule has 17 heavy (non-hydrogen) atoms. The molecular formula is C12H8ClN3S. The lowest BCUT2D eigenvalue weighted by atomic mass is 10.3. The Morgan fingerprint density at radius 3 is 2.88 bits per heavy atom. The molecule has 0 saturated heterocycles. The lowest BCUT2D eigenvalue weighted by Gasteiger charge is -1.96. The summed E-state index contributed by atoms with van der Waals surface area (Å²) in [6.07, 6.45) is 1.65. The number of hydrogen-bond donors (Lipinski definition) is 1. The van der Waals surface area contributed by atoms with Crippen molar-refractivity contribution in [2.75, 3.05) is 0 Å². The molecule has 0 atom stereocenters. The van der Waals surface area contributed by atoms with Crippen molar-refractivity contribution < 1.29 is 0 Å². The molecule has 84 valence electrons. The van der Waals surface area contributed by atoms with Gasteiger partial charge in [-0.2, -0.15) is 0 Å². The second-order valence-corrected chi connectivity index (χ2v) is 4.89. The maximum Gasteiger partial charge on any atom is 0.223 e. The summed E-state index contributed by atoms with van der Waals surface area (Å²) >= 11 is 7.28. The van der Waals surface area contributed by atoms with E-state index in [0.717, 1.165) is 15.6 Å². The highest BCUT2D eigenvalue weighted by Crippen LogP contribution is 2.28. The number of rotatable bonds is 2. The van der Waals surface area contributed by atoms with Crippen LogP contribution in [0.4, 0.5) is 0 Å². The number of H-pyrrole nitrogens is 1. The smallest absolute Gasteiger partial charge is 0.223 e. The summed E-state index contributed by atoms with van der Waals surface area (Å²) in [6, 6.07) is 12.1. The molecule has 2 aromatic heterocycles. The predicted molar refractivity (Wildman–Crippen MR) is 69.5 cm³/mol. The highest BCUT2D eigenvalue weighted by Gasteiger charge is 2.03. The number of aromatic nitrogens is 3. The summed E-state index contributed by atoms with van der Waals surface area (Å²) in [5.41, 5.74) is 1.12. The van der Waals surface area contributed by atoms with E-state index >= 15 is 0 Å². The van der Waals surface area contributed by atoms with E-state index in [4.69, 9.17) is 11.6 Å². The van der Waals surface area contributed by atoms with Gasteiger partial charge in [0, 0.05) is 17.1 Å². The highest BCUT2D eigenvalue weighted by molar-refractivity contribution is 7.99. The number of fused-ring (bicyclic) bond motifs is 1. The molecule has 5 heteroatoms. The minimum Gasteiger partial charge on any atom is -0.349 e. The maximum atomic E-state index is 5.74. The zero-order valence-electron chi connectivity index (χ0n) is 8.72. The first-order chi connectivity index (χ1) is 8.31. The van der Waals surface area contributed by atoms with Crippen LogP contribution in [-0.2, 0) is 0 Å². The molecule has 1 N–H and O–H groups in total. The Hall–Kier alpha value is -1.52. The van der Waals surface area contributed by atoms with E-state index in [1.807, 2.05) is 24.3 Å². The first-order valence-electron chi connectivity index (χ1n) is 5.05. The van der Waals surface area contributed by atoms with E-state index in [-0.39, 0.29) is 5.28 Å². The lowest BCUT2D eigenvalue weighted by Crippen LogP contribution is -1.83. The summed E-state index contributed by atoms with van der Waals surface area (Å²) < 4.78 is 0. The maximum absolute atomic E-state index is 5.74. The van der Waals surface area contributed by atoms with Gasteiger partial charge >= 0.3 is 0 Å². The van der Waals surface area contributed by atoms with Crippen LogP contribution in [0.1, 0.15) is 0 Å². The van der Waals surface area contributed by atoms with Crippen LogP contribution in [-0.4, -0.2) is 15.0 Å². The number of hydrogen-bond acceptors (Lipinski definition) is 3. The normalized spacial score (nSPS) is 10.9. The van der Waals surface area contributed by atoms with Crippen molar-refractivity contribution in [3.8, 4) is 0 Å². The van der Waals surface area contributed by atoms with Crippen molar-refractivity contribution in [3.05, 3.63) is 47.9 Å². The monoisotopic (exact) mass is 261 g/mol. The molecule has 0 aliphatic heterocycles. The molecule has 0 fully saturated rings. The van der Waals surface area contributed by atoms with E-state index in [1.165, 1.54) is 17.1 Å². The summed E-state index contributed by atoms with van der Waals surface area (Å²) in [7, 11) is 0. The summed E-state index contributed by atoms with van der Waals surface area (Å²) in [4.78, 5) is 11.3. The zero-order valence-corrected chi connectivity index (χ0v) is 10.3. The molecule has 0 spiro atoms.